The van der Waals surface area contributed by atoms with E-state index in [9.17, 15) is 0 Å². The molecular weight excluding hydrogens is 238 g/mol. The number of nitrogens with one attached hydrogen (secondary N) is 1. The Kier molecular flexibility index (Phi) is 4.18. The van der Waals surface area contributed by atoms with Gasteiger partial charge in [-0.3, -0.25) is 0 Å². The molecular formula is C10H15N5OS. The number of thiazole rings is 1. The smallest absolute Gasteiger partial charge is 0.0964 e. The normalized spacial score (nSPS) is 10.9. The highest BCUT2D eigenvalue weighted by molar-refractivity contribution is 7.09. The van der Waals surface area contributed by atoms with Gasteiger partial charge in [0.1, 0.15) is 0 Å². The second-order valence-corrected chi connectivity index (χ2v) is 4.72. The lowest BCUT2D eigenvalue weighted by atomic mass is 10.4. The van der Waals surface area contributed by atoms with Crippen molar-refractivity contribution in [3.8, 4) is 0 Å². The molecule has 2 N–H and O–H groups in total. The molecule has 0 aliphatic rings. The zero-order valence-corrected chi connectivity index (χ0v) is 10.4. The summed E-state index contributed by atoms with van der Waals surface area (Å²) in [5.74, 6) is 0. The van der Waals surface area contributed by atoms with E-state index in [2.05, 4.69) is 20.6 Å². The first kappa shape index (κ1) is 12.2. The molecule has 2 aromatic rings. The number of aryl methyl sites for hydroxylation is 1. The van der Waals surface area contributed by atoms with Crippen LogP contribution in [0.3, 0.4) is 0 Å². The molecule has 7 heteroatoms. The van der Waals surface area contributed by atoms with E-state index in [0.29, 0.717) is 13.1 Å². The summed E-state index contributed by atoms with van der Waals surface area (Å²) in [6.07, 6.45) is 1.83. The lowest BCUT2D eigenvalue weighted by Gasteiger charge is -1.98. The second kappa shape index (κ2) is 5.85. The minimum absolute atomic E-state index is 0.0777. The summed E-state index contributed by atoms with van der Waals surface area (Å²) >= 11 is 1.65. The highest BCUT2D eigenvalue weighted by atomic mass is 32.1. The van der Waals surface area contributed by atoms with E-state index in [4.69, 9.17) is 5.11 Å². The minimum atomic E-state index is 0.0777. The van der Waals surface area contributed by atoms with Gasteiger partial charge in [0.25, 0.3) is 0 Å². The summed E-state index contributed by atoms with van der Waals surface area (Å²) in [6, 6.07) is 0. The second-order valence-electron chi connectivity index (χ2n) is 3.66. The molecule has 0 radical (unpaired) electrons. The Labute approximate surface area is 103 Å². The van der Waals surface area contributed by atoms with Crippen molar-refractivity contribution in [3.05, 3.63) is 28.0 Å². The number of aliphatic hydroxyl groups excluding tert-OH is 1. The first-order valence-electron chi connectivity index (χ1n) is 5.39. The van der Waals surface area contributed by atoms with Crippen LogP contribution in [0.15, 0.2) is 11.6 Å². The zero-order chi connectivity index (χ0) is 12.1. The third kappa shape index (κ3) is 3.58. The Hall–Kier alpha value is -1.31. The predicted molar refractivity (Wildman–Crippen MR) is 64.5 cm³/mol. The molecule has 0 aliphatic carbocycles. The van der Waals surface area contributed by atoms with Crippen LogP contribution in [-0.4, -0.2) is 31.7 Å². The summed E-state index contributed by atoms with van der Waals surface area (Å²) < 4.78 is 1.63. The molecule has 2 aromatic heterocycles. The van der Waals surface area contributed by atoms with Crippen molar-refractivity contribution >= 4 is 11.3 Å². The maximum absolute atomic E-state index is 8.74. The number of rotatable bonds is 6. The van der Waals surface area contributed by atoms with Gasteiger partial charge in [-0.25, -0.2) is 9.67 Å². The number of nitrogens with zero attached hydrogens (tertiary/aromatic N) is 4. The van der Waals surface area contributed by atoms with Crippen molar-refractivity contribution in [2.24, 2.45) is 0 Å². The number of hydrogen-bond donors (Lipinski definition) is 2. The van der Waals surface area contributed by atoms with E-state index in [1.807, 2.05) is 18.5 Å². The van der Waals surface area contributed by atoms with Crippen LogP contribution in [0, 0.1) is 6.92 Å². The summed E-state index contributed by atoms with van der Waals surface area (Å²) in [5, 5.41) is 23.0. The molecule has 0 fully saturated rings. The molecule has 92 valence electrons. The first-order chi connectivity index (χ1) is 8.28. The third-order valence-corrected chi connectivity index (χ3v) is 3.02. The fourth-order valence-electron chi connectivity index (χ4n) is 1.44. The third-order valence-electron chi connectivity index (χ3n) is 2.19. The van der Waals surface area contributed by atoms with Crippen molar-refractivity contribution in [2.75, 3.05) is 6.61 Å². The molecule has 0 saturated carbocycles. The van der Waals surface area contributed by atoms with Gasteiger partial charge in [0.2, 0.25) is 0 Å². The van der Waals surface area contributed by atoms with Crippen molar-refractivity contribution in [3.63, 3.8) is 0 Å². The molecule has 2 rings (SSSR count). The summed E-state index contributed by atoms with van der Waals surface area (Å²) in [4.78, 5) is 4.36. The van der Waals surface area contributed by atoms with Crippen LogP contribution >= 0.6 is 11.3 Å². The highest BCUT2D eigenvalue weighted by Crippen LogP contribution is 2.07. The monoisotopic (exact) mass is 253 g/mol. The van der Waals surface area contributed by atoms with Crippen molar-refractivity contribution in [2.45, 2.75) is 26.6 Å². The van der Waals surface area contributed by atoms with Crippen molar-refractivity contribution in [1.82, 2.24) is 25.3 Å². The van der Waals surface area contributed by atoms with Gasteiger partial charge in [-0.2, -0.15) is 0 Å². The zero-order valence-electron chi connectivity index (χ0n) is 9.63. The average Bonchev–Trinajstić information content (AvgIpc) is 2.89. The van der Waals surface area contributed by atoms with Gasteiger partial charge in [0, 0.05) is 24.7 Å². The first-order valence-corrected chi connectivity index (χ1v) is 6.27. The molecule has 0 bridgehead atoms. The van der Waals surface area contributed by atoms with Gasteiger partial charge in [0.05, 0.1) is 29.5 Å². The Morgan fingerprint density at radius 3 is 2.94 bits per heavy atom. The highest BCUT2D eigenvalue weighted by Gasteiger charge is 2.01. The molecule has 0 aliphatic heterocycles. The maximum atomic E-state index is 8.74. The van der Waals surface area contributed by atoms with Crippen LogP contribution in [-0.2, 0) is 19.6 Å². The van der Waals surface area contributed by atoms with Crippen LogP contribution < -0.4 is 5.32 Å². The lowest BCUT2D eigenvalue weighted by molar-refractivity contribution is 0.268. The molecule has 6 nitrogen and oxygen atoms in total. The molecule has 0 atom stereocenters. The van der Waals surface area contributed by atoms with Gasteiger partial charge < -0.3 is 10.4 Å². The van der Waals surface area contributed by atoms with Crippen molar-refractivity contribution in [1.29, 1.82) is 0 Å². The van der Waals surface area contributed by atoms with E-state index >= 15 is 0 Å². The van der Waals surface area contributed by atoms with Crippen LogP contribution in [0.1, 0.15) is 16.4 Å². The molecule has 0 unspecified atom stereocenters. The standard InChI is InChI=1S/C10H15N5OS/c1-8-12-10(7-17-8)5-11-4-9-6-15(2-3-16)14-13-9/h6-7,11,16H,2-5H2,1H3. The Morgan fingerprint density at radius 2 is 2.24 bits per heavy atom. The molecule has 0 aromatic carbocycles. The van der Waals surface area contributed by atoms with E-state index in [0.717, 1.165) is 22.9 Å². The quantitative estimate of drug-likeness (QED) is 0.775. The largest absolute Gasteiger partial charge is 0.394 e. The number of aromatic nitrogens is 4. The van der Waals surface area contributed by atoms with Crippen LogP contribution in [0.5, 0.6) is 0 Å². The van der Waals surface area contributed by atoms with Crippen LogP contribution in [0.25, 0.3) is 0 Å². The molecule has 0 amide bonds. The minimum Gasteiger partial charge on any atom is -0.394 e. The molecule has 2 heterocycles. The van der Waals surface area contributed by atoms with Gasteiger partial charge in [-0.15, -0.1) is 16.4 Å². The Balaban J connectivity index is 1.77. The SMILES string of the molecule is Cc1nc(CNCc2cn(CCO)nn2)cs1. The molecule has 17 heavy (non-hydrogen) atoms. The predicted octanol–water partition coefficient (Wildman–Crippen LogP) is 0.325. The van der Waals surface area contributed by atoms with Crippen LogP contribution in [0.2, 0.25) is 0 Å². The van der Waals surface area contributed by atoms with Gasteiger partial charge in [-0.05, 0) is 6.92 Å². The Morgan fingerprint density at radius 1 is 1.41 bits per heavy atom. The lowest BCUT2D eigenvalue weighted by Crippen LogP contribution is -2.13. The van der Waals surface area contributed by atoms with E-state index in [-0.39, 0.29) is 6.61 Å². The topological polar surface area (TPSA) is 75.9 Å². The summed E-state index contributed by atoms with van der Waals surface area (Å²) in [5.41, 5.74) is 1.92. The van der Waals surface area contributed by atoms with Crippen LogP contribution in [0.4, 0.5) is 0 Å². The van der Waals surface area contributed by atoms with E-state index in [1.165, 1.54) is 0 Å². The van der Waals surface area contributed by atoms with E-state index in [1.54, 1.807) is 16.0 Å². The summed E-state index contributed by atoms with van der Waals surface area (Å²) in [7, 11) is 0. The fraction of sp³-hybridized carbons (Fsp3) is 0.500. The number of aliphatic hydroxyl groups is 1. The molecule has 0 saturated heterocycles. The van der Waals surface area contributed by atoms with Gasteiger partial charge in [-0.1, -0.05) is 5.21 Å². The summed E-state index contributed by atoms with van der Waals surface area (Å²) in [6.45, 7) is 3.94. The van der Waals surface area contributed by atoms with Crippen molar-refractivity contribution < 1.29 is 5.11 Å². The van der Waals surface area contributed by atoms with E-state index < -0.39 is 0 Å². The van der Waals surface area contributed by atoms with Gasteiger partial charge in [0.15, 0.2) is 0 Å². The maximum Gasteiger partial charge on any atom is 0.0964 e. The molecule has 0 spiro atoms. The fourth-order valence-corrected chi connectivity index (χ4v) is 2.05. The van der Waals surface area contributed by atoms with Gasteiger partial charge >= 0.3 is 0 Å². The number of hydrogen-bond acceptors (Lipinski definition) is 6. The Bertz CT molecular complexity index is 467. The average molecular weight is 253 g/mol.